The van der Waals surface area contributed by atoms with Crippen LogP contribution in [-0.2, 0) is 21.2 Å². The molecule has 2 heterocycles. The third-order valence-corrected chi connectivity index (χ3v) is 8.59. The smallest absolute Gasteiger partial charge is 0.233 e. The summed E-state index contributed by atoms with van der Waals surface area (Å²) in [5, 5.41) is 1.40. The molecule has 9 heteroatoms. The van der Waals surface area contributed by atoms with Gasteiger partial charge in [-0.05, 0) is 29.7 Å². The molecule has 32 heavy (non-hydrogen) atoms. The van der Waals surface area contributed by atoms with Crippen molar-refractivity contribution in [3.05, 3.63) is 71.4 Å². The number of hydrogen-bond donors (Lipinski definition) is 0. The Morgan fingerprint density at radius 3 is 2.56 bits per heavy atom. The summed E-state index contributed by atoms with van der Waals surface area (Å²) in [5.74, 6) is 0.288. The first-order valence-electron chi connectivity index (χ1n) is 10.3. The van der Waals surface area contributed by atoms with Gasteiger partial charge < -0.3 is 9.47 Å². The van der Waals surface area contributed by atoms with E-state index in [1.807, 2.05) is 48.7 Å². The lowest BCUT2D eigenvalue weighted by Gasteiger charge is -2.23. The second kappa shape index (κ2) is 9.68. The minimum atomic E-state index is -3.04. The van der Waals surface area contributed by atoms with E-state index in [9.17, 15) is 13.2 Å². The van der Waals surface area contributed by atoms with Gasteiger partial charge in [-0.25, -0.2) is 13.4 Å². The van der Waals surface area contributed by atoms with Crippen molar-refractivity contribution in [1.29, 1.82) is 0 Å². The Hall–Kier alpha value is -2.29. The molecule has 1 saturated heterocycles. The minimum Gasteiger partial charge on any atom is -0.341 e. The predicted molar refractivity (Wildman–Crippen MR) is 129 cm³/mol. The van der Waals surface area contributed by atoms with E-state index in [0.717, 1.165) is 22.0 Å². The molecule has 0 aliphatic carbocycles. The van der Waals surface area contributed by atoms with Crippen LogP contribution >= 0.6 is 23.4 Å². The van der Waals surface area contributed by atoms with Crippen LogP contribution in [0.1, 0.15) is 12.0 Å². The van der Waals surface area contributed by atoms with Crippen LogP contribution in [0.5, 0.6) is 0 Å². The fourth-order valence-corrected chi connectivity index (χ4v) is 6.56. The molecule has 1 unspecified atom stereocenters. The lowest BCUT2D eigenvalue weighted by molar-refractivity contribution is -0.128. The summed E-state index contributed by atoms with van der Waals surface area (Å²) in [6.45, 7) is 0.617. The quantitative estimate of drug-likeness (QED) is 0.469. The Morgan fingerprint density at radius 1 is 1.19 bits per heavy atom. The maximum atomic E-state index is 12.8. The normalized spacial score (nSPS) is 17.4. The Morgan fingerprint density at radius 2 is 1.91 bits per heavy atom. The fraction of sp³-hybridized carbons (Fsp3) is 0.304. The van der Waals surface area contributed by atoms with Crippen LogP contribution in [0, 0.1) is 0 Å². The van der Waals surface area contributed by atoms with E-state index in [1.165, 1.54) is 11.8 Å². The van der Waals surface area contributed by atoms with E-state index in [0.29, 0.717) is 18.0 Å². The highest BCUT2D eigenvalue weighted by atomic mass is 35.5. The molecule has 3 aromatic rings. The van der Waals surface area contributed by atoms with Gasteiger partial charge in [-0.3, -0.25) is 4.79 Å². The number of aromatic nitrogens is 2. The third-order valence-electron chi connectivity index (χ3n) is 5.62. The molecule has 1 aliphatic heterocycles. The molecule has 4 rings (SSSR count). The first-order valence-corrected chi connectivity index (χ1v) is 13.5. The molecule has 1 aromatic heterocycles. The number of carbonyl (C=O) groups excluding carboxylic acids is 1. The van der Waals surface area contributed by atoms with Crippen LogP contribution in [0.4, 0.5) is 0 Å². The van der Waals surface area contributed by atoms with E-state index in [-0.39, 0.29) is 29.2 Å². The van der Waals surface area contributed by atoms with Crippen molar-refractivity contribution in [2.24, 2.45) is 0 Å². The summed E-state index contributed by atoms with van der Waals surface area (Å²) in [6.07, 6.45) is 2.31. The van der Waals surface area contributed by atoms with Gasteiger partial charge in [-0.1, -0.05) is 65.8 Å². The molecular formula is C23H24ClN3O3S2. The van der Waals surface area contributed by atoms with Crippen molar-refractivity contribution < 1.29 is 13.2 Å². The number of hydrogen-bond acceptors (Lipinski definition) is 5. The predicted octanol–water partition coefficient (Wildman–Crippen LogP) is 3.99. The molecule has 0 spiro atoms. The molecule has 168 valence electrons. The summed E-state index contributed by atoms with van der Waals surface area (Å²) < 4.78 is 25.6. The lowest BCUT2D eigenvalue weighted by atomic mass is 10.1. The number of imidazole rings is 1. The third kappa shape index (κ3) is 5.36. The number of benzene rings is 2. The van der Waals surface area contributed by atoms with Crippen LogP contribution in [0.2, 0.25) is 5.02 Å². The maximum absolute atomic E-state index is 12.8. The summed E-state index contributed by atoms with van der Waals surface area (Å²) in [4.78, 5) is 18.9. The number of halogens is 1. The Balaban J connectivity index is 1.54. The zero-order valence-corrected chi connectivity index (χ0v) is 20.0. The topological polar surface area (TPSA) is 72.3 Å². The van der Waals surface area contributed by atoms with E-state index < -0.39 is 9.84 Å². The van der Waals surface area contributed by atoms with E-state index >= 15 is 0 Å². The van der Waals surface area contributed by atoms with Crippen LogP contribution < -0.4 is 0 Å². The van der Waals surface area contributed by atoms with Gasteiger partial charge in [0.1, 0.15) is 0 Å². The number of sulfone groups is 1. The SMILES string of the molecule is CN(C(=O)CSc1ncc(-c2ccc(Cl)cc2)n1Cc1ccccc1)C1CCS(=O)(=O)C1. The Bertz CT molecular complexity index is 1190. The molecular weight excluding hydrogens is 466 g/mol. The highest BCUT2D eigenvalue weighted by Gasteiger charge is 2.32. The van der Waals surface area contributed by atoms with Crippen molar-refractivity contribution in [3.8, 4) is 11.3 Å². The average molecular weight is 490 g/mol. The summed E-state index contributed by atoms with van der Waals surface area (Å²) >= 11 is 7.42. The second-order valence-electron chi connectivity index (χ2n) is 7.85. The van der Waals surface area contributed by atoms with Crippen LogP contribution in [0.25, 0.3) is 11.3 Å². The summed E-state index contributed by atoms with van der Waals surface area (Å²) in [7, 11) is -1.35. The van der Waals surface area contributed by atoms with Crippen molar-refractivity contribution in [2.45, 2.75) is 24.2 Å². The highest BCUT2D eigenvalue weighted by Crippen LogP contribution is 2.29. The molecule has 1 amide bonds. The first kappa shape index (κ1) is 22.9. The number of nitrogens with zero attached hydrogens (tertiary/aromatic N) is 3. The lowest BCUT2D eigenvalue weighted by Crippen LogP contribution is -2.38. The first-order chi connectivity index (χ1) is 15.3. The molecule has 1 atom stereocenters. The van der Waals surface area contributed by atoms with Crippen LogP contribution in [0.15, 0.2) is 66.0 Å². The molecule has 1 fully saturated rings. The molecule has 6 nitrogen and oxygen atoms in total. The fourth-order valence-electron chi connectivity index (χ4n) is 3.76. The van der Waals surface area contributed by atoms with Crippen molar-refractivity contribution in [3.63, 3.8) is 0 Å². The molecule has 1 aliphatic rings. The van der Waals surface area contributed by atoms with Crippen LogP contribution in [-0.4, -0.2) is 59.1 Å². The summed E-state index contributed by atoms with van der Waals surface area (Å²) in [6, 6.07) is 17.4. The average Bonchev–Trinajstić information content (AvgIpc) is 3.35. The molecule has 0 saturated carbocycles. The standard InChI is InChI=1S/C23H24ClN3O3S2/c1-26(20-11-12-32(29,30)16-20)22(28)15-31-23-25-13-21(18-7-9-19(24)10-8-18)27(23)14-17-5-3-2-4-6-17/h2-10,13,20H,11-12,14-16H2,1H3. The number of amides is 1. The molecule has 2 aromatic carbocycles. The zero-order chi connectivity index (χ0) is 22.7. The summed E-state index contributed by atoms with van der Waals surface area (Å²) in [5.41, 5.74) is 3.06. The minimum absolute atomic E-state index is 0.0449. The van der Waals surface area contributed by atoms with Crippen molar-refractivity contribution >= 4 is 39.1 Å². The van der Waals surface area contributed by atoms with E-state index in [2.05, 4.69) is 21.7 Å². The van der Waals surface area contributed by atoms with E-state index in [1.54, 1.807) is 11.9 Å². The van der Waals surface area contributed by atoms with Gasteiger partial charge in [-0.2, -0.15) is 0 Å². The number of carbonyl (C=O) groups is 1. The second-order valence-corrected chi connectivity index (χ2v) is 11.5. The van der Waals surface area contributed by atoms with Gasteiger partial charge in [0.25, 0.3) is 0 Å². The Kier molecular flexibility index (Phi) is 6.93. The maximum Gasteiger partial charge on any atom is 0.233 e. The van der Waals surface area contributed by atoms with Crippen LogP contribution in [0.3, 0.4) is 0 Å². The van der Waals surface area contributed by atoms with Gasteiger partial charge in [0.2, 0.25) is 5.91 Å². The number of thioether (sulfide) groups is 1. The van der Waals surface area contributed by atoms with Gasteiger partial charge in [0.05, 0.1) is 35.7 Å². The molecule has 0 bridgehead atoms. The van der Waals surface area contributed by atoms with Gasteiger partial charge in [-0.15, -0.1) is 0 Å². The Labute approximate surface area is 197 Å². The van der Waals surface area contributed by atoms with Gasteiger partial charge in [0.15, 0.2) is 15.0 Å². The van der Waals surface area contributed by atoms with Crippen molar-refractivity contribution in [1.82, 2.24) is 14.5 Å². The molecule has 0 N–H and O–H groups in total. The van der Waals surface area contributed by atoms with E-state index in [4.69, 9.17) is 11.6 Å². The zero-order valence-electron chi connectivity index (χ0n) is 17.6. The largest absolute Gasteiger partial charge is 0.341 e. The number of rotatable bonds is 7. The highest BCUT2D eigenvalue weighted by molar-refractivity contribution is 7.99. The van der Waals surface area contributed by atoms with Gasteiger partial charge >= 0.3 is 0 Å². The van der Waals surface area contributed by atoms with Crippen molar-refractivity contribution in [2.75, 3.05) is 24.3 Å². The monoisotopic (exact) mass is 489 g/mol. The molecule has 0 radical (unpaired) electrons. The van der Waals surface area contributed by atoms with Gasteiger partial charge in [0, 0.05) is 18.1 Å².